The van der Waals surface area contributed by atoms with Gasteiger partial charge in [-0.25, -0.2) is 14.4 Å². The van der Waals surface area contributed by atoms with Gasteiger partial charge in [-0.2, -0.15) is 0 Å². The Balaban J connectivity index is 2.54. The Bertz CT molecular complexity index is 482. The molecule has 0 aliphatic rings. The SMILES string of the molecule is Cc1nc(Br)cc(-c2cncc(F)c2)n1. The van der Waals surface area contributed by atoms with Crippen LogP contribution in [-0.4, -0.2) is 15.0 Å². The molecule has 3 nitrogen and oxygen atoms in total. The number of rotatable bonds is 1. The quantitative estimate of drug-likeness (QED) is 0.746. The zero-order valence-corrected chi connectivity index (χ0v) is 9.49. The maximum atomic E-state index is 12.9. The summed E-state index contributed by atoms with van der Waals surface area (Å²) in [6.07, 6.45) is 2.73. The first-order valence-electron chi connectivity index (χ1n) is 4.27. The minimum Gasteiger partial charge on any atom is -0.261 e. The first-order chi connectivity index (χ1) is 7.15. The highest BCUT2D eigenvalue weighted by Crippen LogP contribution is 2.19. The molecule has 5 heteroatoms. The van der Waals surface area contributed by atoms with Gasteiger partial charge in [0.1, 0.15) is 16.2 Å². The van der Waals surface area contributed by atoms with Gasteiger partial charge in [0.05, 0.1) is 11.9 Å². The van der Waals surface area contributed by atoms with E-state index in [0.717, 1.165) is 6.20 Å². The zero-order chi connectivity index (χ0) is 10.8. The van der Waals surface area contributed by atoms with Crippen LogP contribution in [0, 0.1) is 12.7 Å². The fourth-order valence-corrected chi connectivity index (χ4v) is 1.70. The molecule has 2 rings (SSSR count). The highest BCUT2D eigenvalue weighted by Gasteiger charge is 2.04. The third kappa shape index (κ3) is 2.36. The number of hydrogen-bond donors (Lipinski definition) is 0. The Hall–Kier alpha value is -1.36. The Morgan fingerprint density at radius 2 is 2.00 bits per heavy atom. The van der Waals surface area contributed by atoms with Gasteiger partial charge in [-0.05, 0) is 35.0 Å². The molecule has 0 spiro atoms. The molecule has 0 aromatic carbocycles. The second-order valence-corrected chi connectivity index (χ2v) is 3.83. The molecule has 2 aromatic rings. The van der Waals surface area contributed by atoms with Crippen LogP contribution in [0.4, 0.5) is 4.39 Å². The van der Waals surface area contributed by atoms with E-state index in [-0.39, 0.29) is 5.82 Å². The fourth-order valence-electron chi connectivity index (χ4n) is 1.23. The molecule has 0 aliphatic heterocycles. The van der Waals surface area contributed by atoms with Crippen molar-refractivity contribution in [2.75, 3.05) is 0 Å². The highest BCUT2D eigenvalue weighted by atomic mass is 79.9. The Morgan fingerprint density at radius 3 is 2.67 bits per heavy atom. The molecule has 0 saturated heterocycles. The number of aryl methyl sites for hydroxylation is 1. The van der Waals surface area contributed by atoms with Crippen molar-refractivity contribution >= 4 is 15.9 Å². The molecular weight excluding hydrogens is 261 g/mol. The van der Waals surface area contributed by atoms with Crippen LogP contribution in [0.3, 0.4) is 0 Å². The second-order valence-electron chi connectivity index (χ2n) is 3.01. The van der Waals surface area contributed by atoms with Gasteiger partial charge in [0.15, 0.2) is 0 Å². The molecule has 0 N–H and O–H groups in total. The van der Waals surface area contributed by atoms with Crippen molar-refractivity contribution in [3.63, 3.8) is 0 Å². The van der Waals surface area contributed by atoms with Crippen LogP contribution in [0.1, 0.15) is 5.82 Å². The van der Waals surface area contributed by atoms with Crippen molar-refractivity contribution in [1.29, 1.82) is 0 Å². The van der Waals surface area contributed by atoms with E-state index in [4.69, 9.17) is 0 Å². The van der Waals surface area contributed by atoms with Crippen molar-refractivity contribution in [2.24, 2.45) is 0 Å². The van der Waals surface area contributed by atoms with Crippen LogP contribution in [0.15, 0.2) is 29.1 Å². The minimum absolute atomic E-state index is 0.375. The first kappa shape index (κ1) is 10.2. The number of halogens is 2. The number of nitrogens with zero attached hydrogens (tertiary/aromatic N) is 3. The smallest absolute Gasteiger partial charge is 0.142 e. The Morgan fingerprint density at radius 1 is 1.20 bits per heavy atom. The third-order valence-corrected chi connectivity index (χ3v) is 2.21. The van der Waals surface area contributed by atoms with Crippen molar-refractivity contribution in [2.45, 2.75) is 6.92 Å². The van der Waals surface area contributed by atoms with Crippen LogP contribution in [0.2, 0.25) is 0 Å². The lowest BCUT2D eigenvalue weighted by Gasteiger charge is -2.02. The average molecular weight is 268 g/mol. The normalized spacial score (nSPS) is 10.3. The number of pyridine rings is 1. The average Bonchev–Trinajstić information content (AvgIpc) is 2.16. The van der Waals surface area contributed by atoms with E-state index in [1.807, 2.05) is 0 Å². The molecule has 0 unspecified atom stereocenters. The summed E-state index contributed by atoms with van der Waals surface area (Å²) in [5.74, 6) is 0.253. The third-order valence-electron chi connectivity index (χ3n) is 1.81. The molecule has 0 bridgehead atoms. The summed E-state index contributed by atoms with van der Waals surface area (Å²) in [7, 11) is 0. The summed E-state index contributed by atoms with van der Waals surface area (Å²) in [5.41, 5.74) is 1.29. The maximum Gasteiger partial charge on any atom is 0.142 e. The number of hydrogen-bond acceptors (Lipinski definition) is 3. The zero-order valence-electron chi connectivity index (χ0n) is 7.91. The van der Waals surface area contributed by atoms with E-state index in [0.29, 0.717) is 21.7 Å². The van der Waals surface area contributed by atoms with Crippen molar-refractivity contribution in [3.05, 3.63) is 40.8 Å². The molecule has 0 fully saturated rings. The summed E-state index contributed by atoms with van der Waals surface area (Å²) < 4.78 is 13.6. The maximum absolute atomic E-state index is 12.9. The lowest BCUT2D eigenvalue weighted by molar-refractivity contribution is 0.622. The second kappa shape index (κ2) is 4.02. The van der Waals surface area contributed by atoms with Gasteiger partial charge in [0.2, 0.25) is 0 Å². The summed E-state index contributed by atoms with van der Waals surface area (Å²) in [4.78, 5) is 12.0. The summed E-state index contributed by atoms with van der Waals surface area (Å²) in [6, 6.07) is 3.12. The Kier molecular flexibility index (Phi) is 2.73. The van der Waals surface area contributed by atoms with Gasteiger partial charge in [0, 0.05) is 11.8 Å². The predicted octanol–water partition coefficient (Wildman–Crippen LogP) is 2.75. The first-order valence-corrected chi connectivity index (χ1v) is 5.06. The summed E-state index contributed by atoms with van der Waals surface area (Å²) in [6.45, 7) is 1.78. The molecule has 15 heavy (non-hydrogen) atoms. The largest absolute Gasteiger partial charge is 0.261 e. The lowest BCUT2D eigenvalue weighted by Crippen LogP contribution is -1.92. The lowest BCUT2D eigenvalue weighted by atomic mass is 10.2. The van der Waals surface area contributed by atoms with E-state index in [9.17, 15) is 4.39 Å². The van der Waals surface area contributed by atoms with Crippen LogP contribution >= 0.6 is 15.9 Å². The van der Waals surface area contributed by atoms with Gasteiger partial charge in [-0.1, -0.05) is 0 Å². The van der Waals surface area contributed by atoms with Gasteiger partial charge in [0.25, 0.3) is 0 Å². The predicted molar refractivity (Wildman–Crippen MR) is 57.7 cm³/mol. The van der Waals surface area contributed by atoms with Gasteiger partial charge in [-0.3, -0.25) is 4.98 Å². The molecule has 0 aliphatic carbocycles. The van der Waals surface area contributed by atoms with Crippen molar-refractivity contribution in [3.8, 4) is 11.3 Å². The van der Waals surface area contributed by atoms with E-state index in [2.05, 4.69) is 30.9 Å². The van der Waals surface area contributed by atoms with Gasteiger partial charge >= 0.3 is 0 Å². The molecule has 0 saturated carbocycles. The summed E-state index contributed by atoms with van der Waals surface area (Å²) >= 11 is 3.26. The fraction of sp³-hybridized carbons (Fsp3) is 0.100. The van der Waals surface area contributed by atoms with E-state index in [1.165, 1.54) is 6.07 Å². The van der Waals surface area contributed by atoms with Crippen LogP contribution < -0.4 is 0 Å². The highest BCUT2D eigenvalue weighted by molar-refractivity contribution is 9.10. The molecule has 0 radical (unpaired) electrons. The summed E-state index contributed by atoms with van der Waals surface area (Å²) in [5, 5.41) is 0. The van der Waals surface area contributed by atoms with Crippen LogP contribution in [-0.2, 0) is 0 Å². The topological polar surface area (TPSA) is 38.7 Å². The molecular formula is C10H7BrFN3. The standard InChI is InChI=1S/C10H7BrFN3/c1-6-14-9(3-10(11)15-6)7-2-8(12)5-13-4-7/h2-5H,1H3. The van der Waals surface area contributed by atoms with Gasteiger partial charge < -0.3 is 0 Å². The van der Waals surface area contributed by atoms with Crippen molar-refractivity contribution in [1.82, 2.24) is 15.0 Å². The van der Waals surface area contributed by atoms with Crippen molar-refractivity contribution < 1.29 is 4.39 Å². The van der Waals surface area contributed by atoms with Gasteiger partial charge in [-0.15, -0.1) is 0 Å². The van der Waals surface area contributed by atoms with E-state index in [1.54, 1.807) is 19.2 Å². The molecule has 0 atom stereocenters. The van der Waals surface area contributed by atoms with Crippen LogP contribution in [0.5, 0.6) is 0 Å². The number of aromatic nitrogens is 3. The van der Waals surface area contributed by atoms with E-state index >= 15 is 0 Å². The molecule has 2 aromatic heterocycles. The Labute approximate surface area is 94.5 Å². The molecule has 0 amide bonds. The van der Waals surface area contributed by atoms with Crippen LogP contribution in [0.25, 0.3) is 11.3 Å². The minimum atomic E-state index is -0.375. The molecule has 2 heterocycles. The van der Waals surface area contributed by atoms with E-state index < -0.39 is 0 Å². The monoisotopic (exact) mass is 267 g/mol. The molecule has 76 valence electrons.